The smallest absolute Gasteiger partial charge is 0.255 e. The van der Waals surface area contributed by atoms with E-state index in [0.29, 0.717) is 22.1 Å². The Balaban J connectivity index is 1.33. The highest BCUT2D eigenvalue weighted by atomic mass is 32.2. The number of aryl methyl sites for hydroxylation is 1. The van der Waals surface area contributed by atoms with Crippen molar-refractivity contribution in [3.05, 3.63) is 60.4 Å². The van der Waals surface area contributed by atoms with E-state index >= 15 is 0 Å². The van der Waals surface area contributed by atoms with E-state index in [0.717, 1.165) is 18.6 Å². The summed E-state index contributed by atoms with van der Waals surface area (Å²) < 4.78 is 7.76. The Labute approximate surface area is 190 Å². The van der Waals surface area contributed by atoms with Crippen LogP contribution in [0.15, 0.2) is 60.0 Å². The second-order valence-electron chi connectivity index (χ2n) is 7.65. The molecule has 2 aromatic carbocycles. The summed E-state index contributed by atoms with van der Waals surface area (Å²) in [6.45, 7) is 0. The van der Waals surface area contributed by atoms with Gasteiger partial charge in [0.05, 0.1) is 11.9 Å². The van der Waals surface area contributed by atoms with E-state index in [-0.39, 0.29) is 23.7 Å². The lowest BCUT2D eigenvalue weighted by Crippen LogP contribution is -2.16. The maximum Gasteiger partial charge on any atom is 0.255 e. The van der Waals surface area contributed by atoms with E-state index in [9.17, 15) is 9.59 Å². The largest absolute Gasteiger partial charge is 0.490 e. The Morgan fingerprint density at radius 3 is 2.59 bits per heavy atom. The summed E-state index contributed by atoms with van der Waals surface area (Å²) in [6, 6.07) is 14.3. The normalized spacial score (nSPS) is 13.7. The Kier molecular flexibility index (Phi) is 7.06. The van der Waals surface area contributed by atoms with Crippen molar-refractivity contribution in [2.45, 2.75) is 36.9 Å². The average molecular weight is 452 g/mol. The first-order valence-corrected chi connectivity index (χ1v) is 11.5. The molecule has 3 aromatic rings. The van der Waals surface area contributed by atoms with E-state index in [1.54, 1.807) is 35.2 Å². The molecule has 0 atom stereocenters. The van der Waals surface area contributed by atoms with E-state index < -0.39 is 0 Å². The molecule has 0 bridgehead atoms. The number of benzene rings is 2. The predicted octanol–water partition coefficient (Wildman–Crippen LogP) is 4.12. The number of carbonyl (C=O) groups excluding carboxylic acids is 2. The van der Waals surface area contributed by atoms with Gasteiger partial charge in [0.15, 0.2) is 5.16 Å². The highest BCUT2D eigenvalue weighted by Gasteiger charge is 2.17. The summed E-state index contributed by atoms with van der Waals surface area (Å²) in [5, 5.41) is 14.1. The van der Waals surface area contributed by atoms with Crippen LogP contribution in [0.2, 0.25) is 0 Å². The molecule has 1 saturated carbocycles. The molecule has 2 N–H and O–H groups in total. The van der Waals surface area contributed by atoms with E-state index in [1.807, 2.05) is 31.3 Å². The number of thioether (sulfide) groups is 1. The number of anilines is 2. The van der Waals surface area contributed by atoms with Gasteiger partial charge in [0, 0.05) is 30.1 Å². The van der Waals surface area contributed by atoms with Gasteiger partial charge in [0.2, 0.25) is 5.91 Å². The lowest BCUT2D eigenvalue weighted by Gasteiger charge is -2.14. The molecule has 0 unspecified atom stereocenters. The molecular weight excluding hydrogens is 426 g/mol. The van der Waals surface area contributed by atoms with Crippen molar-refractivity contribution in [2.75, 3.05) is 16.4 Å². The number of hydrogen-bond acceptors (Lipinski definition) is 6. The first-order valence-electron chi connectivity index (χ1n) is 10.5. The molecular formula is C23H25N5O3S. The number of ether oxygens (including phenoxy) is 1. The van der Waals surface area contributed by atoms with Crippen LogP contribution in [0.25, 0.3) is 0 Å². The zero-order valence-corrected chi connectivity index (χ0v) is 18.6. The number of rotatable bonds is 8. The molecule has 0 spiro atoms. The molecule has 4 rings (SSSR count). The molecule has 1 aromatic heterocycles. The van der Waals surface area contributed by atoms with Gasteiger partial charge >= 0.3 is 0 Å². The van der Waals surface area contributed by atoms with E-state index in [2.05, 4.69) is 20.8 Å². The van der Waals surface area contributed by atoms with Crippen LogP contribution in [-0.2, 0) is 11.8 Å². The molecule has 0 radical (unpaired) electrons. The molecule has 1 aliphatic rings. The minimum Gasteiger partial charge on any atom is -0.490 e. The molecule has 1 fully saturated rings. The summed E-state index contributed by atoms with van der Waals surface area (Å²) in [5.74, 6) is 0.507. The van der Waals surface area contributed by atoms with Gasteiger partial charge in [-0.05, 0) is 56.0 Å². The first-order chi connectivity index (χ1) is 15.6. The van der Waals surface area contributed by atoms with Gasteiger partial charge in [-0.15, -0.1) is 10.2 Å². The second-order valence-corrected chi connectivity index (χ2v) is 8.59. The van der Waals surface area contributed by atoms with Crippen LogP contribution in [-0.4, -0.2) is 38.4 Å². The molecule has 166 valence electrons. The van der Waals surface area contributed by atoms with Gasteiger partial charge in [-0.1, -0.05) is 23.9 Å². The zero-order valence-electron chi connectivity index (χ0n) is 17.8. The van der Waals surface area contributed by atoms with Crippen LogP contribution in [0.3, 0.4) is 0 Å². The lowest BCUT2D eigenvalue weighted by molar-refractivity contribution is -0.113. The van der Waals surface area contributed by atoms with Gasteiger partial charge in [-0.3, -0.25) is 9.59 Å². The van der Waals surface area contributed by atoms with Crippen molar-refractivity contribution in [3.8, 4) is 5.75 Å². The van der Waals surface area contributed by atoms with Crippen LogP contribution in [0.5, 0.6) is 5.75 Å². The summed E-state index contributed by atoms with van der Waals surface area (Å²) >= 11 is 1.29. The van der Waals surface area contributed by atoms with E-state index in [1.165, 1.54) is 24.6 Å². The third kappa shape index (κ3) is 5.88. The average Bonchev–Trinajstić information content (AvgIpc) is 3.44. The fourth-order valence-corrected chi connectivity index (χ4v) is 4.21. The zero-order chi connectivity index (χ0) is 22.3. The van der Waals surface area contributed by atoms with Gasteiger partial charge in [0.1, 0.15) is 12.1 Å². The van der Waals surface area contributed by atoms with E-state index in [4.69, 9.17) is 4.74 Å². The van der Waals surface area contributed by atoms with Crippen LogP contribution in [0, 0.1) is 0 Å². The molecule has 0 saturated heterocycles. The van der Waals surface area contributed by atoms with Crippen molar-refractivity contribution in [1.29, 1.82) is 0 Å². The van der Waals surface area contributed by atoms with Crippen molar-refractivity contribution in [3.63, 3.8) is 0 Å². The summed E-state index contributed by atoms with van der Waals surface area (Å²) in [7, 11) is 1.82. The van der Waals surface area contributed by atoms with Crippen molar-refractivity contribution in [1.82, 2.24) is 14.8 Å². The Morgan fingerprint density at radius 2 is 1.84 bits per heavy atom. The summed E-state index contributed by atoms with van der Waals surface area (Å²) in [4.78, 5) is 25.0. The van der Waals surface area contributed by atoms with Gasteiger partial charge in [-0.25, -0.2) is 0 Å². The fraction of sp³-hybridized carbons (Fsp3) is 0.304. The maximum atomic E-state index is 12.7. The van der Waals surface area contributed by atoms with Crippen molar-refractivity contribution < 1.29 is 14.3 Å². The standard InChI is InChI=1S/C23H25N5O3S/c1-28-15-24-27-23(28)32-14-21(29)25-17-7-4-6-16(12-17)22(30)26-18-8-5-11-20(13-18)31-19-9-2-3-10-19/h4-8,11-13,15,19H,2-3,9-10,14H2,1H3,(H,25,29)(H,26,30). The van der Waals surface area contributed by atoms with Gasteiger partial charge in [0.25, 0.3) is 5.91 Å². The monoisotopic (exact) mass is 451 g/mol. The molecule has 9 heteroatoms. The number of amides is 2. The molecule has 8 nitrogen and oxygen atoms in total. The number of aromatic nitrogens is 3. The number of nitrogens with zero attached hydrogens (tertiary/aromatic N) is 3. The third-order valence-corrected chi connectivity index (χ3v) is 6.14. The van der Waals surface area contributed by atoms with Crippen molar-refractivity contribution >= 4 is 35.0 Å². The van der Waals surface area contributed by atoms with Crippen LogP contribution < -0.4 is 15.4 Å². The molecule has 2 amide bonds. The number of carbonyl (C=O) groups is 2. The Morgan fingerprint density at radius 1 is 1.09 bits per heavy atom. The second kappa shape index (κ2) is 10.3. The molecule has 1 heterocycles. The first kappa shape index (κ1) is 21.9. The maximum absolute atomic E-state index is 12.7. The predicted molar refractivity (Wildman–Crippen MR) is 124 cm³/mol. The highest BCUT2D eigenvalue weighted by Crippen LogP contribution is 2.26. The van der Waals surface area contributed by atoms with Crippen LogP contribution in [0.1, 0.15) is 36.0 Å². The summed E-state index contributed by atoms with van der Waals surface area (Å²) in [6.07, 6.45) is 6.39. The molecule has 32 heavy (non-hydrogen) atoms. The SMILES string of the molecule is Cn1cnnc1SCC(=O)Nc1cccc(C(=O)Nc2cccc(OC3CCCC3)c2)c1. The van der Waals surface area contributed by atoms with Crippen LogP contribution in [0.4, 0.5) is 11.4 Å². The number of hydrogen-bond donors (Lipinski definition) is 2. The Bertz CT molecular complexity index is 1090. The molecule has 1 aliphatic carbocycles. The van der Waals surface area contributed by atoms with Gasteiger partial charge < -0.3 is 19.9 Å². The summed E-state index contributed by atoms with van der Waals surface area (Å²) in [5.41, 5.74) is 1.67. The quantitative estimate of drug-likeness (QED) is 0.500. The van der Waals surface area contributed by atoms with Crippen molar-refractivity contribution in [2.24, 2.45) is 7.05 Å². The third-order valence-electron chi connectivity index (χ3n) is 5.11. The minimum absolute atomic E-state index is 0.188. The Hall–Kier alpha value is -3.33. The minimum atomic E-state index is -0.257. The topological polar surface area (TPSA) is 98.1 Å². The fourth-order valence-electron chi connectivity index (χ4n) is 3.52. The van der Waals surface area contributed by atoms with Crippen LogP contribution >= 0.6 is 11.8 Å². The lowest BCUT2D eigenvalue weighted by atomic mass is 10.1. The molecule has 0 aliphatic heterocycles. The highest BCUT2D eigenvalue weighted by molar-refractivity contribution is 7.99. The van der Waals surface area contributed by atoms with Gasteiger partial charge in [-0.2, -0.15) is 0 Å². The number of nitrogens with one attached hydrogen (secondary N) is 2.